The van der Waals surface area contributed by atoms with Crippen molar-refractivity contribution in [1.29, 1.82) is 0 Å². The standard InChI is InChI=1S/C18H18ClN5O4S/c1-25-11-3-4-13(19)14(7-11)28-15-16(20)23-10-24-17(15)26-5-6-27-18-21-8-12(29-2)9-22-18/h3-4,7-10H,5-6H2,1-2H3,(H2,20,23,24). The maximum Gasteiger partial charge on any atom is 0.316 e. The fourth-order valence-corrected chi connectivity index (χ4v) is 2.60. The summed E-state index contributed by atoms with van der Waals surface area (Å²) in [6.45, 7) is 0.355. The fraction of sp³-hybridized carbons (Fsp3) is 0.222. The molecule has 0 aliphatic carbocycles. The topological polar surface area (TPSA) is 115 Å². The van der Waals surface area contributed by atoms with Crippen molar-refractivity contribution in [3.63, 3.8) is 0 Å². The van der Waals surface area contributed by atoms with E-state index < -0.39 is 0 Å². The summed E-state index contributed by atoms with van der Waals surface area (Å²) in [6.07, 6.45) is 6.58. The molecule has 0 aliphatic rings. The number of hydrogen-bond donors (Lipinski definition) is 1. The van der Waals surface area contributed by atoms with Gasteiger partial charge in [-0.3, -0.25) is 0 Å². The van der Waals surface area contributed by atoms with Gasteiger partial charge >= 0.3 is 6.01 Å². The van der Waals surface area contributed by atoms with Crippen LogP contribution in [-0.2, 0) is 0 Å². The Hall–Kier alpha value is -2.98. The van der Waals surface area contributed by atoms with Gasteiger partial charge in [0, 0.05) is 23.4 Å². The van der Waals surface area contributed by atoms with E-state index in [9.17, 15) is 0 Å². The van der Waals surface area contributed by atoms with Crippen LogP contribution in [0, 0.1) is 0 Å². The smallest absolute Gasteiger partial charge is 0.316 e. The van der Waals surface area contributed by atoms with E-state index in [0.29, 0.717) is 16.5 Å². The van der Waals surface area contributed by atoms with E-state index in [2.05, 4.69) is 19.9 Å². The summed E-state index contributed by atoms with van der Waals surface area (Å²) in [6, 6.07) is 5.24. The lowest BCUT2D eigenvalue weighted by molar-refractivity contribution is 0.197. The van der Waals surface area contributed by atoms with Crippen LogP contribution in [0.3, 0.4) is 0 Å². The van der Waals surface area contributed by atoms with Gasteiger partial charge in [0.15, 0.2) is 5.82 Å². The zero-order chi connectivity index (χ0) is 20.6. The van der Waals surface area contributed by atoms with Gasteiger partial charge in [0.05, 0.1) is 12.1 Å². The van der Waals surface area contributed by atoms with Gasteiger partial charge in [0.25, 0.3) is 5.88 Å². The molecule has 1 aromatic carbocycles. The Labute approximate surface area is 176 Å². The number of halogens is 1. The third-order valence-corrected chi connectivity index (χ3v) is 4.54. The van der Waals surface area contributed by atoms with Crippen LogP contribution in [0.5, 0.6) is 29.1 Å². The fourth-order valence-electron chi connectivity index (χ4n) is 2.12. The summed E-state index contributed by atoms with van der Waals surface area (Å²) >= 11 is 7.73. The molecule has 3 aromatic rings. The maximum atomic E-state index is 6.19. The second-order valence-corrected chi connectivity index (χ2v) is 6.68. The van der Waals surface area contributed by atoms with Crippen molar-refractivity contribution in [3.8, 4) is 29.1 Å². The molecule has 2 aromatic heterocycles. The molecule has 2 N–H and O–H groups in total. The molecule has 0 aliphatic heterocycles. The predicted octanol–water partition coefficient (Wildman–Crippen LogP) is 3.48. The van der Waals surface area contributed by atoms with E-state index in [1.807, 2.05) is 6.26 Å². The van der Waals surface area contributed by atoms with Crippen LogP contribution in [0.25, 0.3) is 0 Å². The number of nitrogens with two attached hydrogens (primary N) is 1. The molecule has 0 fully saturated rings. The molecular weight excluding hydrogens is 418 g/mol. The lowest BCUT2D eigenvalue weighted by atomic mass is 10.3. The summed E-state index contributed by atoms with van der Waals surface area (Å²) in [5, 5.41) is 0.370. The molecule has 0 saturated carbocycles. The second kappa shape index (κ2) is 9.99. The van der Waals surface area contributed by atoms with Gasteiger partial charge in [-0.05, 0) is 18.4 Å². The summed E-state index contributed by atoms with van der Waals surface area (Å²) in [5.74, 6) is 1.30. The van der Waals surface area contributed by atoms with Gasteiger partial charge in [-0.25, -0.2) is 15.0 Å². The number of rotatable bonds is 9. The minimum atomic E-state index is 0.103. The quantitative estimate of drug-likeness (QED) is 0.395. The van der Waals surface area contributed by atoms with E-state index in [-0.39, 0.29) is 36.7 Å². The number of anilines is 1. The average Bonchev–Trinajstić information content (AvgIpc) is 2.75. The van der Waals surface area contributed by atoms with E-state index in [0.717, 1.165) is 4.90 Å². The highest BCUT2D eigenvalue weighted by Crippen LogP contribution is 2.38. The van der Waals surface area contributed by atoms with Gasteiger partial charge in [0.1, 0.15) is 31.0 Å². The maximum absolute atomic E-state index is 6.19. The first kappa shape index (κ1) is 20.7. The number of nitrogens with zero attached hydrogens (tertiary/aromatic N) is 4. The molecule has 9 nitrogen and oxygen atoms in total. The molecule has 0 atom stereocenters. The molecule has 3 rings (SSSR count). The first-order valence-electron chi connectivity index (χ1n) is 8.34. The minimum Gasteiger partial charge on any atom is -0.497 e. The highest BCUT2D eigenvalue weighted by molar-refractivity contribution is 7.98. The van der Waals surface area contributed by atoms with Crippen molar-refractivity contribution < 1.29 is 18.9 Å². The van der Waals surface area contributed by atoms with Crippen molar-refractivity contribution in [2.24, 2.45) is 0 Å². The molecule has 11 heteroatoms. The summed E-state index contributed by atoms with van der Waals surface area (Å²) in [5.41, 5.74) is 5.93. The monoisotopic (exact) mass is 435 g/mol. The van der Waals surface area contributed by atoms with Crippen molar-refractivity contribution in [1.82, 2.24) is 19.9 Å². The lowest BCUT2D eigenvalue weighted by Crippen LogP contribution is -2.12. The number of nitrogen functional groups attached to an aromatic ring is 1. The Morgan fingerprint density at radius 1 is 1.07 bits per heavy atom. The van der Waals surface area contributed by atoms with Gasteiger partial charge in [-0.2, -0.15) is 4.98 Å². The Morgan fingerprint density at radius 2 is 1.83 bits per heavy atom. The molecule has 2 heterocycles. The van der Waals surface area contributed by atoms with Crippen LogP contribution in [0.1, 0.15) is 0 Å². The number of hydrogen-bond acceptors (Lipinski definition) is 10. The van der Waals surface area contributed by atoms with Crippen molar-refractivity contribution in [2.45, 2.75) is 4.90 Å². The number of thioether (sulfide) groups is 1. The van der Waals surface area contributed by atoms with Crippen molar-refractivity contribution in [3.05, 3.63) is 41.9 Å². The van der Waals surface area contributed by atoms with Crippen LogP contribution < -0.4 is 24.7 Å². The minimum absolute atomic E-state index is 0.103. The average molecular weight is 436 g/mol. The summed E-state index contributed by atoms with van der Waals surface area (Å²) in [4.78, 5) is 17.2. The van der Waals surface area contributed by atoms with Crippen LogP contribution in [-0.4, -0.2) is 46.5 Å². The Bertz CT molecular complexity index is 961. The largest absolute Gasteiger partial charge is 0.497 e. The molecule has 0 amide bonds. The number of aromatic nitrogens is 4. The van der Waals surface area contributed by atoms with E-state index in [1.165, 1.54) is 6.33 Å². The van der Waals surface area contributed by atoms with Gasteiger partial charge in [-0.1, -0.05) is 11.6 Å². The SMILES string of the molecule is COc1ccc(Cl)c(Oc2c(N)ncnc2OCCOc2ncc(SC)cn2)c1. The van der Waals surface area contributed by atoms with Gasteiger partial charge in [-0.15, -0.1) is 11.8 Å². The van der Waals surface area contributed by atoms with Crippen molar-refractivity contribution >= 4 is 29.2 Å². The molecule has 0 radical (unpaired) electrons. The molecule has 152 valence electrons. The van der Waals surface area contributed by atoms with Crippen LogP contribution in [0.15, 0.2) is 41.8 Å². The predicted molar refractivity (Wildman–Crippen MR) is 109 cm³/mol. The van der Waals surface area contributed by atoms with Crippen molar-refractivity contribution in [2.75, 3.05) is 32.3 Å². The zero-order valence-corrected chi connectivity index (χ0v) is 17.2. The van der Waals surface area contributed by atoms with Gasteiger partial charge < -0.3 is 24.7 Å². The third kappa shape index (κ3) is 5.52. The normalized spacial score (nSPS) is 10.4. The third-order valence-electron chi connectivity index (χ3n) is 3.54. The number of ether oxygens (including phenoxy) is 4. The van der Waals surface area contributed by atoms with Crippen LogP contribution in [0.4, 0.5) is 5.82 Å². The summed E-state index contributed by atoms with van der Waals surface area (Å²) < 4.78 is 22.1. The molecule has 0 unspecified atom stereocenters. The summed E-state index contributed by atoms with van der Waals surface area (Å²) in [7, 11) is 1.54. The Kier molecular flexibility index (Phi) is 7.14. The Morgan fingerprint density at radius 3 is 2.55 bits per heavy atom. The number of methoxy groups -OCH3 is 1. The van der Waals surface area contributed by atoms with E-state index in [1.54, 1.807) is 49.5 Å². The van der Waals surface area contributed by atoms with Crippen LogP contribution >= 0.6 is 23.4 Å². The zero-order valence-electron chi connectivity index (χ0n) is 15.7. The Balaban J connectivity index is 1.65. The highest BCUT2D eigenvalue weighted by atomic mass is 35.5. The highest BCUT2D eigenvalue weighted by Gasteiger charge is 2.16. The molecule has 29 heavy (non-hydrogen) atoms. The molecule has 0 saturated heterocycles. The van der Waals surface area contributed by atoms with E-state index in [4.69, 9.17) is 36.3 Å². The lowest BCUT2D eigenvalue weighted by Gasteiger charge is -2.14. The molecule has 0 bridgehead atoms. The molecular formula is C18H18ClN5O4S. The van der Waals surface area contributed by atoms with E-state index >= 15 is 0 Å². The first-order valence-corrected chi connectivity index (χ1v) is 9.94. The van der Waals surface area contributed by atoms with Gasteiger partial charge in [0.2, 0.25) is 5.75 Å². The number of benzene rings is 1. The molecule has 0 spiro atoms. The first-order chi connectivity index (χ1) is 14.1. The second-order valence-electron chi connectivity index (χ2n) is 5.39. The van der Waals surface area contributed by atoms with Crippen LogP contribution in [0.2, 0.25) is 5.02 Å².